The van der Waals surface area contributed by atoms with Crippen molar-refractivity contribution in [3.63, 3.8) is 0 Å². The quantitative estimate of drug-likeness (QED) is 0.641. The van der Waals surface area contributed by atoms with Gasteiger partial charge < -0.3 is 19.5 Å². The molecule has 144 valence electrons. The van der Waals surface area contributed by atoms with E-state index in [1.54, 1.807) is 13.8 Å². The summed E-state index contributed by atoms with van der Waals surface area (Å²) < 4.78 is 15.3. The molecule has 0 fully saturated rings. The Balaban J connectivity index is 2.83. The maximum absolute atomic E-state index is 12.0. The Bertz CT molecular complexity index is 590. The van der Waals surface area contributed by atoms with Crippen molar-refractivity contribution in [1.82, 2.24) is 5.32 Å². The van der Waals surface area contributed by atoms with Crippen LogP contribution in [-0.4, -0.2) is 44.2 Å². The average molecular weight is 365 g/mol. The van der Waals surface area contributed by atoms with E-state index in [9.17, 15) is 14.4 Å². The van der Waals surface area contributed by atoms with Gasteiger partial charge in [-0.05, 0) is 44.4 Å². The topological polar surface area (TPSA) is 90.9 Å². The van der Waals surface area contributed by atoms with Crippen LogP contribution in [0, 0.1) is 5.92 Å². The van der Waals surface area contributed by atoms with Crippen LogP contribution in [0.25, 0.3) is 0 Å². The van der Waals surface area contributed by atoms with E-state index >= 15 is 0 Å². The molecule has 0 unspecified atom stereocenters. The molecular weight excluding hydrogens is 338 g/mol. The van der Waals surface area contributed by atoms with E-state index in [4.69, 9.17) is 14.2 Å². The van der Waals surface area contributed by atoms with Gasteiger partial charge in [-0.3, -0.25) is 4.79 Å². The maximum atomic E-state index is 12.0. The number of hydrogen-bond acceptors (Lipinski definition) is 6. The predicted octanol–water partition coefficient (Wildman–Crippen LogP) is 2.58. The Kier molecular flexibility index (Phi) is 9.19. The summed E-state index contributed by atoms with van der Waals surface area (Å²) in [6, 6.07) is 4.25. The van der Waals surface area contributed by atoms with Crippen LogP contribution in [-0.2, 0) is 14.3 Å². The third-order valence-corrected chi connectivity index (χ3v) is 3.34. The largest absolute Gasteiger partial charge is 0.484 e. The Morgan fingerprint density at radius 2 is 1.50 bits per heavy atom. The van der Waals surface area contributed by atoms with Gasteiger partial charge in [-0.25, -0.2) is 9.59 Å². The SMILES string of the molecule is CCOC(=O)c1cc(OCC(=O)NCCC(C)C)cc(C(=O)OCC)c1. The first-order chi connectivity index (χ1) is 12.4. The molecule has 0 radical (unpaired) electrons. The zero-order valence-corrected chi connectivity index (χ0v) is 15.8. The van der Waals surface area contributed by atoms with E-state index in [0.29, 0.717) is 12.5 Å². The summed E-state index contributed by atoms with van der Waals surface area (Å²) in [6.07, 6.45) is 0.872. The fourth-order valence-electron chi connectivity index (χ4n) is 2.05. The summed E-state index contributed by atoms with van der Waals surface area (Å²) >= 11 is 0. The van der Waals surface area contributed by atoms with Gasteiger partial charge in [0.1, 0.15) is 5.75 Å². The van der Waals surface area contributed by atoms with Crippen LogP contribution in [0.2, 0.25) is 0 Å². The molecule has 7 heteroatoms. The van der Waals surface area contributed by atoms with Crippen LogP contribution in [0.15, 0.2) is 18.2 Å². The predicted molar refractivity (Wildman–Crippen MR) is 96.3 cm³/mol. The van der Waals surface area contributed by atoms with Gasteiger partial charge in [-0.2, -0.15) is 0 Å². The van der Waals surface area contributed by atoms with Gasteiger partial charge in [0.15, 0.2) is 6.61 Å². The normalized spacial score (nSPS) is 10.3. The average Bonchev–Trinajstić information content (AvgIpc) is 2.59. The van der Waals surface area contributed by atoms with Crippen molar-refractivity contribution in [2.45, 2.75) is 34.1 Å². The van der Waals surface area contributed by atoms with Gasteiger partial charge in [0, 0.05) is 6.54 Å². The summed E-state index contributed by atoms with van der Waals surface area (Å²) in [5, 5.41) is 2.75. The van der Waals surface area contributed by atoms with Crippen molar-refractivity contribution < 1.29 is 28.6 Å². The van der Waals surface area contributed by atoms with Crippen molar-refractivity contribution in [3.05, 3.63) is 29.3 Å². The highest BCUT2D eigenvalue weighted by molar-refractivity contribution is 5.96. The molecule has 0 aliphatic carbocycles. The van der Waals surface area contributed by atoms with Gasteiger partial charge in [0.05, 0.1) is 24.3 Å². The summed E-state index contributed by atoms with van der Waals surface area (Å²) in [4.78, 5) is 35.7. The number of ether oxygens (including phenoxy) is 3. The molecule has 1 amide bonds. The lowest BCUT2D eigenvalue weighted by molar-refractivity contribution is -0.123. The van der Waals surface area contributed by atoms with E-state index < -0.39 is 11.9 Å². The highest BCUT2D eigenvalue weighted by Gasteiger charge is 2.16. The highest BCUT2D eigenvalue weighted by atomic mass is 16.5. The van der Waals surface area contributed by atoms with E-state index in [1.165, 1.54) is 18.2 Å². The molecule has 0 saturated carbocycles. The first-order valence-electron chi connectivity index (χ1n) is 8.76. The lowest BCUT2D eigenvalue weighted by Crippen LogP contribution is -2.30. The molecule has 0 atom stereocenters. The molecule has 0 saturated heterocycles. The monoisotopic (exact) mass is 365 g/mol. The molecular formula is C19H27NO6. The summed E-state index contributed by atoms with van der Waals surface area (Å²) in [5.74, 6) is -0.720. The summed E-state index contributed by atoms with van der Waals surface area (Å²) in [5.41, 5.74) is 0.320. The number of amides is 1. The molecule has 0 aliphatic rings. The molecule has 0 aromatic heterocycles. The number of hydrogen-bond donors (Lipinski definition) is 1. The van der Waals surface area contributed by atoms with Crippen LogP contribution in [0.1, 0.15) is 54.8 Å². The third kappa shape index (κ3) is 7.55. The zero-order valence-electron chi connectivity index (χ0n) is 15.8. The minimum atomic E-state index is -0.579. The van der Waals surface area contributed by atoms with Crippen LogP contribution in [0.4, 0.5) is 0 Å². The van der Waals surface area contributed by atoms with E-state index in [0.717, 1.165) is 6.42 Å². The molecule has 0 bridgehead atoms. The van der Waals surface area contributed by atoms with Gasteiger partial charge >= 0.3 is 11.9 Å². The number of carbonyl (C=O) groups excluding carboxylic acids is 3. The molecule has 1 rings (SSSR count). The third-order valence-electron chi connectivity index (χ3n) is 3.34. The fourth-order valence-corrected chi connectivity index (χ4v) is 2.05. The molecule has 0 heterocycles. The maximum Gasteiger partial charge on any atom is 0.338 e. The van der Waals surface area contributed by atoms with Crippen LogP contribution in [0.3, 0.4) is 0 Å². The summed E-state index contributed by atoms with van der Waals surface area (Å²) in [7, 11) is 0. The Hall–Kier alpha value is -2.57. The molecule has 7 nitrogen and oxygen atoms in total. The molecule has 26 heavy (non-hydrogen) atoms. The number of rotatable bonds is 10. The van der Waals surface area contributed by atoms with Crippen molar-refractivity contribution in [2.24, 2.45) is 5.92 Å². The minimum Gasteiger partial charge on any atom is -0.484 e. The number of carbonyl (C=O) groups is 3. The van der Waals surface area contributed by atoms with E-state index in [2.05, 4.69) is 19.2 Å². The Morgan fingerprint density at radius 3 is 1.96 bits per heavy atom. The second-order valence-electron chi connectivity index (χ2n) is 6.01. The minimum absolute atomic E-state index is 0.160. The fraction of sp³-hybridized carbons (Fsp3) is 0.526. The smallest absolute Gasteiger partial charge is 0.338 e. The second kappa shape index (κ2) is 11.1. The van der Waals surface area contributed by atoms with Gasteiger partial charge in [-0.15, -0.1) is 0 Å². The Morgan fingerprint density at radius 1 is 0.962 bits per heavy atom. The number of esters is 2. The molecule has 1 aromatic rings. The lowest BCUT2D eigenvalue weighted by atomic mass is 10.1. The summed E-state index contributed by atoms with van der Waals surface area (Å²) in [6.45, 7) is 8.27. The first kappa shape index (κ1) is 21.5. The molecule has 0 spiro atoms. The van der Waals surface area contributed by atoms with Crippen molar-refractivity contribution in [3.8, 4) is 5.75 Å². The number of nitrogens with one attached hydrogen (secondary N) is 1. The van der Waals surface area contributed by atoms with Gasteiger partial charge in [0.25, 0.3) is 5.91 Å². The van der Waals surface area contributed by atoms with Crippen LogP contribution < -0.4 is 10.1 Å². The second-order valence-corrected chi connectivity index (χ2v) is 6.01. The van der Waals surface area contributed by atoms with Crippen molar-refractivity contribution in [1.29, 1.82) is 0 Å². The molecule has 1 aromatic carbocycles. The molecule has 1 N–H and O–H groups in total. The van der Waals surface area contributed by atoms with E-state index in [1.807, 2.05) is 0 Å². The van der Waals surface area contributed by atoms with Crippen molar-refractivity contribution in [2.75, 3.05) is 26.4 Å². The van der Waals surface area contributed by atoms with Crippen LogP contribution in [0.5, 0.6) is 5.75 Å². The van der Waals surface area contributed by atoms with Gasteiger partial charge in [-0.1, -0.05) is 13.8 Å². The highest BCUT2D eigenvalue weighted by Crippen LogP contribution is 2.19. The first-order valence-corrected chi connectivity index (χ1v) is 8.76. The van der Waals surface area contributed by atoms with Gasteiger partial charge in [0.2, 0.25) is 0 Å². The number of benzene rings is 1. The van der Waals surface area contributed by atoms with E-state index in [-0.39, 0.29) is 42.6 Å². The van der Waals surface area contributed by atoms with Crippen LogP contribution >= 0.6 is 0 Å². The van der Waals surface area contributed by atoms with Crippen molar-refractivity contribution >= 4 is 17.8 Å². The standard InChI is InChI=1S/C19H27NO6/c1-5-24-18(22)14-9-15(19(23)25-6-2)11-16(10-14)26-12-17(21)20-8-7-13(3)4/h9-11,13H,5-8,12H2,1-4H3,(H,20,21). The lowest BCUT2D eigenvalue weighted by Gasteiger charge is -2.11. The Labute approximate surface area is 154 Å². The zero-order chi connectivity index (χ0) is 19.5. The molecule has 0 aliphatic heterocycles.